The van der Waals surface area contributed by atoms with Gasteiger partial charge in [-0.3, -0.25) is 4.98 Å². The first kappa shape index (κ1) is 4.50. The fraction of sp³-hybridized carbons (Fsp3) is 0.100. The molecule has 0 saturated carbocycles. The topological polar surface area (TPSA) is 12.9 Å². The van der Waals surface area contributed by atoms with Gasteiger partial charge < -0.3 is 0 Å². The summed E-state index contributed by atoms with van der Waals surface area (Å²) >= 11 is 0. The lowest BCUT2D eigenvalue weighted by Gasteiger charge is -2.03. The second-order valence-corrected chi connectivity index (χ2v) is 3.28. The van der Waals surface area contributed by atoms with Crippen LogP contribution in [0.3, 0.4) is 0 Å². The second-order valence-electron chi connectivity index (χ2n) is 3.28. The molecule has 50 valence electrons. The predicted octanol–water partition coefficient (Wildman–Crippen LogP) is 2.12. The highest BCUT2D eigenvalue weighted by Gasteiger charge is 2.41. The van der Waals surface area contributed by atoms with Crippen LogP contribution in [0.1, 0.15) is 11.1 Å². The smallest absolute Gasteiger partial charge is 0.0786 e. The third kappa shape index (κ3) is 0.299. The minimum atomic E-state index is 1.23. The molecule has 0 spiro atoms. The highest BCUT2D eigenvalue weighted by atomic mass is 14.7. The summed E-state index contributed by atoms with van der Waals surface area (Å²) < 4.78 is 0. The van der Waals surface area contributed by atoms with E-state index >= 15 is 0 Å². The van der Waals surface area contributed by atoms with Gasteiger partial charge in [0.05, 0.1) is 5.52 Å². The van der Waals surface area contributed by atoms with Crippen LogP contribution in [0.25, 0.3) is 22.0 Å². The Labute approximate surface area is 63.7 Å². The standard InChI is InChI=1S/C10H5N/c1-2-5-6-4-7-8(6)9(7)10(5)11-3-1/h1-3H,4H2. The maximum atomic E-state index is 4.36. The number of aromatic nitrogens is 1. The van der Waals surface area contributed by atoms with Gasteiger partial charge in [0.2, 0.25) is 0 Å². The number of fused-ring (bicyclic) bond motifs is 4. The number of hydrogen-bond donors (Lipinski definition) is 0. The van der Waals surface area contributed by atoms with E-state index in [0.29, 0.717) is 0 Å². The number of rotatable bonds is 0. The van der Waals surface area contributed by atoms with Crippen LogP contribution in [0.4, 0.5) is 0 Å². The fourth-order valence-corrected chi connectivity index (χ4v) is 2.23. The van der Waals surface area contributed by atoms with Crippen LogP contribution in [-0.2, 0) is 6.42 Å². The van der Waals surface area contributed by atoms with Gasteiger partial charge in [0.15, 0.2) is 0 Å². The molecule has 1 aromatic rings. The van der Waals surface area contributed by atoms with Crippen molar-refractivity contribution in [3.8, 4) is 11.1 Å². The van der Waals surface area contributed by atoms with Crippen molar-refractivity contribution >= 4 is 10.9 Å². The van der Waals surface area contributed by atoms with Crippen LogP contribution in [0.2, 0.25) is 0 Å². The molecule has 1 heterocycles. The Morgan fingerprint density at radius 1 is 1.18 bits per heavy atom. The molecule has 4 rings (SSSR count). The molecule has 0 atom stereocenters. The molecule has 1 nitrogen and oxygen atoms in total. The zero-order chi connectivity index (χ0) is 7.00. The Balaban J connectivity index is 2.43. The Bertz CT molecular complexity index is 512. The molecule has 0 fully saturated rings. The number of hydrogen-bond acceptors (Lipinski definition) is 1. The molecule has 0 aromatic carbocycles. The van der Waals surface area contributed by atoms with E-state index in [1.54, 1.807) is 16.7 Å². The average molecular weight is 139 g/mol. The van der Waals surface area contributed by atoms with Crippen LogP contribution in [0, 0.1) is 0 Å². The lowest BCUT2D eigenvalue weighted by atomic mass is 10.0. The molecule has 1 heteroatoms. The van der Waals surface area contributed by atoms with Gasteiger partial charge in [-0.15, -0.1) is 0 Å². The van der Waals surface area contributed by atoms with Crippen LogP contribution in [0.5, 0.6) is 0 Å². The highest BCUT2D eigenvalue weighted by molar-refractivity contribution is 6.19. The van der Waals surface area contributed by atoms with Crippen molar-refractivity contribution in [3.05, 3.63) is 29.5 Å². The third-order valence-electron chi connectivity index (χ3n) is 2.82. The lowest BCUT2D eigenvalue weighted by molar-refractivity contribution is 1.24. The van der Waals surface area contributed by atoms with Crippen molar-refractivity contribution in [1.29, 1.82) is 0 Å². The summed E-state index contributed by atoms with van der Waals surface area (Å²) in [4.78, 5) is 4.36. The summed E-state index contributed by atoms with van der Waals surface area (Å²) in [5.74, 6) is 0. The molecule has 0 bridgehead atoms. The molecule has 0 amide bonds. The first-order chi connectivity index (χ1) is 5.47. The van der Waals surface area contributed by atoms with Gasteiger partial charge >= 0.3 is 0 Å². The van der Waals surface area contributed by atoms with Gasteiger partial charge in [-0.25, -0.2) is 0 Å². The van der Waals surface area contributed by atoms with Gasteiger partial charge in [0, 0.05) is 23.6 Å². The molecule has 0 saturated heterocycles. The Morgan fingerprint density at radius 2 is 2.18 bits per heavy atom. The van der Waals surface area contributed by atoms with Gasteiger partial charge in [0.1, 0.15) is 0 Å². The first-order valence-corrected chi connectivity index (χ1v) is 3.89. The van der Waals surface area contributed by atoms with Gasteiger partial charge in [-0.2, -0.15) is 0 Å². The summed E-state index contributed by atoms with van der Waals surface area (Å²) in [5.41, 5.74) is 7.43. The SMILES string of the molecule is c1cnc2c3c4c-3c(c2c1)C4. The van der Waals surface area contributed by atoms with Crippen LogP contribution in [-0.4, -0.2) is 4.98 Å². The monoisotopic (exact) mass is 139 g/mol. The molecular formula is C10H5N. The highest BCUT2D eigenvalue weighted by Crippen LogP contribution is 2.61. The maximum absolute atomic E-state index is 4.36. The minimum Gasteiger partial charge on any atom is -0.256 e. The minimum absolute atomic E-state index is 1.23. The summed E-state index contributed by atoms with van der Waals surface area (Å²) in [5, 5.41) is 1.40. The van der Waals surface area contributed by atoms with Crippen LogP contribution in [0.15, 0.2) is 18.3 Å². The average Bonchev–Trinajstić information content (AvgIpc) is 2.49. The van der Waals surface area contributed by atoms with E-state index < -0.39 is 0 Å². The molecule has 0 radical (unpaired) electrons. The van der Waals surface area contributed by atoms with Crippen LogP contribution < -0.4 is 0 Å². The van der Waals surface area contributed by atoms with E-state index in [2.05, 4.69) is 11.1 Å². The van der Waals surface area contributed by atoms with Gasteiger partial charge in [-0.05, 0) is 22.8 Å². The van der Waals surface area contributed by atoms with E-state index in [4.69, 9.17) is 0 Å². The van der Waals surface area contributed by atoms with E-state index in [1.165, 1.54) is 22.9 Å². The molecule has 0 N–H and O–H groups in total. The second kappa shape index (κ2) is 1.07. The molecule has 0 aliphatic heterocycles. The number of pyridine rings is 1. The van der Waals surface area contributed by atoms with Crippen molar-refractivity contribution in [2.75, 3.05) is 0 Å². The lowest BCUT2D eigenvalue weighted by Crippen LogP contribution is -1.89. The Morgan fingerprint density at radius 3 is 3.09 bits per heavy atom. The zero-order valence-corrected chi connectivity index (χ0v) is 5.89. The van der Waals surface area contributed by atoms with E-state index in [-0.39, 0.29) is 0 Å². The van der Waals surface area contributed by atoms with E-state index in [0.717, 1.165) is 0 Å². The molecule has 11 heavy (non-hydrogen) atoms. The van der Waals surface area contributed by atoms with Gasteiger partial charge in [-0.1, -0.05) is 6.07 Å². The van der Waals surface area contributed by atoms with Crippen LogP contribution >= 0.6 is 0 Å². The Kier molecular flexibility index (Phi) is 0.439. The molecule has 3 aliphatic rings. The maximum Gasteiger partial charge on any atom is 0.0786 e. The van der Waals surface area contributed by atoms with Gasteiger partial charge in [0.25, 0.3) is 0 Å². The summed E-state index contributed by atoms with van der Waals surface area (Å²) in [6.07, 6.45) is 3.11. The normalized spacial score (nSPS) is 14.9. The van der Waals surface area contributed by atoms with Crippen molar-refractivity contribution in [1.82, 2.24) is 4.98 Å². The number of benzene rings is 1. The Hall–Kier alpha value is -1.37. The van der Waals surface area contributed by atoms with Crippen molar-refractivity contribution in [2.24, 2.45) is 0 Å². The molecule has 1 aromatic heterocycles. The first-order valence-electron chi connectivity index (χ1n) is 3.89. The fourth-order valence-electron chi connectivity index (χ4n) is 2.23. The summed E-state index contributed by atoms with van der Waals surface area (Å²) in [7, 11) is 0. The van der Waals surface area contributed by atoms with E-state index in [1.807, 2.05) is 12.3 Å². The molecule has 3 aliphatic carbocycles. The number of nitrogens with zero attached hydrogens (tertiary/aromatic N) is 1. The van der Waals surface area contributed by atoms with Crippen molar-refractivity contribution in [2.45, 2.75) is 6.42 Å². The molecule has 0 unspecified atom stereocenters. The predicted molar refractivity (Wildman–Crippen MR) is 43.5 cm³/mol. The quantitative estimate of drug-likeness (QED) is 0.363. The van der Waals surface area contributed by atoms with Crippen molar-refractivity contribution in [3.63, 3.8) is 0 Å². The van der Waals surface area contributed by atoms with Crippen molar-refractivity contribution < 1.29 is 0 Å². The third-order valence-corrected chi connectivity index (χ3v) is 2.82. The largest absolute Gasteiger partial charge is 0.256 e. The zero-order valence-electron chi connectivity index (χ0n) is 5.89. The summed E-state index contributed by atoms with van der Waals surface area (Å²) in [6, 6.07) is 4.20. The van der Waals surface area contributed by atoms with E-state index in [9.17, 15) is 0 Å². The molecular weight excluding hydrogens is 134 g/mol. The summed E-state index contributed by atoms with van der Waals surface area (Å²) in [6.45, 7) is 0.